The van der Waals surface area contributed by atoms with Crippen molar-refractivity contribution in [3.8, 4) is 0 Å². The Labute approximate surface area is 164 Å². The zero-order chi connectivity index (χ0) is 20.9. The number of amides is 2. The maximum absolute atomic E-state index is 12.6. The highest BCUT2D eigenvalue weighted by Gasteiger charge is 2.33. The van der Waals surface area contributed by atoms with Crippen LogP contribution >= 0.6 is 0 Å². The lowest BCUT2D eigenvalue weighted by molar-refractivity contribution is -0.137. The Kier molecular flexibility index (Phi) is 7.33. The van der Waals surface area contributed by atoms with E-state index in [1.165, 1.54) is 12.1 Å². The van der Waals surface area contributed by atoms with Crippen LogP contribution in [0.15, 0.2) is 24.3 Å². The number of rotatable bonds is 6. The van der Waals surface area contributed by atoms with Gasteiger partial charge in [0.2, 0.25) is 0 Å². The van der Waals surface area contributed by atoms with Crippen molar-refractivity contribution in [2.24, 2.45) is 0 Å². The van der Waals surface area contributed by atoms with E-state index in [1.54, 1.807) is 0 Å². The molecular weight excluding hydrogens is 371 g/mol. The summed E-state index contributed by atoms with van der Waals surface area (Å²) in [7, 11) is 0. The van der Waals surface area contributed by atoms with Crippen LogP contribution in [0.5, 0.6) is 0 Å². The number of alkyl halides is 3. The Balaban J connectivity index is 1.73. The molecule has 1 fully saturated rings. The van der Waals surface area contributed by atoms with Crippen molar-refractivity contribution < 1.29 is 22.7 Å². The van der Waals surface area contributed by atoms with Crippen LogP contribution in [0.4, 0.5) is 18.0 Å². The zero-order valence-electron chi connectivity index (χ0n) is 16.9. The van der Waals surface area contributed by atoms with Gasteiger partial charge in [0.15, 0.2) is 0 Å². The monoisotopic (exact) mass is 401 g/mol. The number of nitrogens with zero attached hydrogens (tertiary/aromatic N) is 1. The molecule has 2 N–H and O–H groups in total. The summed E-state index contributed by atoms with van der Waals surface area (Å²) in [5.41, 5.74) is -0.141. The van der Waals surface area contributed by atoms with Gasteiger partial charge in [0.1, 0.15) is 0 Å². The second-order valence-corrected chi connectivity index (χ2v) is 8.03. The second kappa shape index (κ2) is 9.13. The van der Waals surface area contributed by atoms with Crippen LogP contribution < -0.4 is 10.6 Å². The molecule has 158 valence electrons. The van der Waals surface area contributed by atoms with Crippen molar-refractivity contribution in [1.29, 1.82) is 0 Å². The number of benzene rings is 1. The number of hydrogen-bond donors (Lipinski definition) is 2. The summed E-state index contributed by atoms with van der Waals surface area (Å²) in [5.74, 6) is 0. The number of carbonyl (C=O) groups excluding carboxylic acids is 1. The number of morpholine rings is 1. The van der Waals surface area contributed by atoms with E-state index in [0.29, 0.717) is 19.5 Å². The highest BCUT2D eigenvalue weighted by molar-refractivity contribution is 5.73. The maximum Gasteiger partial charge on any atom is 0.416 e. The molecule has 0 unspecified atom stereocenters. The molecule has 8 heteroatoms. The van der Waals surface area contributed by atoms with E-state index in [0.717, 1.165) is 30.8 Å². The number of halogens is 3. The average molecular weight is 401 g/mol. The molecule has 1 aromatic carbocycles. The van der Waals surface area contributed by atoms with Gasteiger partial charge in [-0.15, -0.1) is 0 Å². The highest BCUT2D eigenvalue weighted by atomic mass is 19.4. The Bertz CT molecular complexity index is 637. The lowest BCUT2D eigenvalue weighted by atomic mass is 10.00. The van der Waals surface area contributed by atoms with Crippen molar-refractivity contribution in [3.05, 3.63) is 35.4 Å². The summed E-state index contributed by atoms with van der Waals surface area (Å²) in [5, 5.41) is 5.64. The molecule has 1 aliphatic heterocycles. The predicted molar refractivity (Wildman–Crippen MR) is 102 cm³/mol. The molecule has 0 radical (unpaired) electrons. The quantitative estimate of drug-likeness (QED) is 0.768. The van der Waals surface area contributed by atoms with Crippen LogP contribution in [0.25, 0.3) is 0 Å². The van der Waals surface area contributed by atoms with Gasteiger partial charge >= 0.3 is 12.2 Å². The predicted octanol–water partition coefficient (Wildman–Crippen LogP) is 3.43. The molecule has 5 nitrogen and oxygen atoms in total. The summed E-state index contributed by atoms with van der Waals surface area (Å²) in [4.78, 5) is 14.4. The first-order valence-electron chi connectivity index (χ1n) is 9.56. The Morgan fingerprint density at radius 1 is 1.11 bits per heavy atom. The van der Waals surface area contributed by atoms with E-state index in [4.69, 9.17) is 4.74 Å². The molecule has 2 rings (SSSR count). The molecule has 2 amide bonds. The average Bonchev–Trinajstić information content (AvgIpc) is 2.59. The first-order chi connectivity index (χ1) is 13.0. The van der Waals surface area contributed by atoms with Crippen LogP contribution in [0.1, 0.15) is 38.8 Å². The molecular formula is C20H30F3N3O2. The molecule has 1 aliphatic rings. The molecule has 28 heavy (non-hydrogen) atoms. The smallest absolute Gasteiger partial charge is 0.373 e. The van der Waals surface area contributed by atoms with Gasteiger partial charge in [0.25, 0.3) is 0 Å². The first kappa shape index (κ1) is 22.5. The molecule has 1 heterocycles. The molecule has 0 bridgehead atoms. The minimum Gasteiger partial charge on any atom is -0.373 e. The fraction of sp³-hybridized carbons (Fsp3) is 0.650. The minimum absolute atomic E-state index is 0.153. The van der Waals surface area contributed by atoms with E-state index in [2.05, 4.69) is 29.4 Å². The summed E-state index contributed by atoms with van der Waals surface area (Å²) >= 11 is 0. The lowest BCUT2D eigenvalue weighted by Crippen LogP contribution is -2.59. The van der Waals surface area contributed by atoms with Crippen LogP contribution in [-0.4, -0.2) is 54.9 Å². The van der Waals surface area contributed by atoms with Gasteiger partial charge in [0, 0.05) is 31.7 Å². The van der Waals surface area contributed by atoms with Gasteiger partial charge in [-0.25, -0.2) is 4.79 Å². The third-order valence-corrected chi connectivity index (χ3v) is 4.94. The molecule has 0 aromatic heterocycles. The normalized spacial score (nSPS) is 21.4. The van der Waals surface area contributed by atoms with E-state index >= 15 is 0 Å². The van der Waals surface area contributed by atoms with Gasteiger partial charge in [-0.05, 0) is 51.8 Å². The largest absolute Gasteiger partial charge is 0.416 e. The van der Waals surface area contributed by atoms with E-state index in [1.807, 2.05) is 13.8 Å². The Morgan fingerprint density at radius 2 is 1.68 bits per heavy atom. The summed E-state index contributed by atoms with van der Waals surface area (Å²) in [6, 6.07) is 4.71. The zero-order valence-corrected chi connectivity index (χ0v) is 16.9. The van der Waals surface area contributed by atoms with Crippen LogP contribution in [-0.2, 0) is 17.3 Å². The van der Waals surface area contributed by atoms with E-state index in [9.17, 15) is 18.0 Å². The lowest BCUT2D eigenvalue weighted by Gasteiger charge is -2.45. The van der Waals surface area contributed by atoms with Crippen molar-refractivity contribution in [1.82, 2.24) is 15.5 Å². The van der Waals surface area contributed by atoms with E-state index in [-0.39, 0.29) is 23.8 Å². The van der Waals surface area contributed by atoms with Gasteiger partial charge in [-0.1, -0.05) is 12.1 Å². The van der Waals surface area contributed by atoms with Crippen molar-refractivity contribution in [2.75, 3.05) is 26.2 Å². The van der Waals surface area contributed by atoms with Crippen molar-refractivity contribution in [2.45, 2.75) is 58.0 Å². The van der Waals surface area contributed by atoms with Crippen LogP contribution in [0, 0.1) is 0 Å². The molecule has 0 aliphatic carbocycles. The number of hydrogen-bond acceptors (Lipinski definition) is 3. The van der Waals surface area contributed by atoms with Gasteiger partial charge in [-0.2, -0.15) is 13.2 Å². The fourth-order valence-corrected chi connectivity index (χ4v) is 3.32. The van der Waals surface area contributed by atoms with Crippen LogP contribution in [0.3, 0.4) is 0 Å². The summed E-state index contributed by atoms with van der Waals surface area (Å²) in [6.07, 6.45) is -3.56. The highest BCUT2D eigenvalue weighted by Crippen LogP contribution is 2.29. The number of ether oxygens (including phenoxy) is 1. The Hall–Kier alpha value is -1.80. The summed E-state index contributed by atoms with van der Waals surface area (Å²) in [6.45, 7) is 10.7. The van der Waals surface area contributed by atoms with Gasteiger partial charge in [-0.3, -0.25) is 4.90 Å². The first-order valence-corrected chi connectivity index (χ1v) is 9.56. The van der Waals surface area contributed by atoms with Crippen LogP contribution in [0.2, 0.25) is 0 Å². The second-order valence-electron chi connectivity index (χ2n) is 8.03. The fourth-order valence-electron chi connectivity index (χ4n) is 3.32. The standard InChI is InChI=1S/C20H30F3N3O2/c1-14-11-26(12-15(2)28-14)19(3,4)13-25-18(27)24-10-9-16-5-7-17(8-6-16)20(21,22)23/h5-8,14-15H,9-13H2,1-4H3,(H2,24,25,27)/t14-,15-/m0/s1. The van der Waals surface area contributed by atoms with Gasteiger partial charge in [0.05, 0.1) is 17.8 Å². The van der Waals surface area contributed by atoms with Crippen molar-refractivity contribution in [3.63, 3.8) is 0 Å². The number of carbonyl (C=O) groups is 1. The molecule has 0 spiro atoms. The third-order valence-electron chi connectivity index (χ3n) is 4.94. The summed E-state index contributed by atoms with van der Waals surface area (Å²) < 4.78 is 43.4. The maximum atomic E-state index is 12.6. The Morgan fingerprint density at radius 3 is 2.21 bits per heavy atom. The SMILES string of the molecule is C[C@H]1CN(C(C)(C)CNC(=O)NCCc2ccc(C(F)(F)F)cc2)C[C@H](C)O1. The third kappa shape index (κ3) is 6.67. The van der Waals surface area contributed by atoms with Gasteiger partial charge < -0.3 is 15.4 Å². The molecule has 1 saturated heterocycles. The molecule has 2 atom stereocenters. The number of urea groups is 1. The van der Waals surface area contributed by atoms with E-state index < -0.39 is 11.7 Å². The molecule has 0 saturated carbocycles. The minimum atomic E-state index is -4.33. The topological polar surface area (TPSA) is 53.6 Å². The molecule has 1 aromatic rings. The number of nitrogens with one attached hydrogen (secondary N) is 2. The van der Waals surface area contributed by atoms with Crippen molar-refractivity contribution >= 4 is 6.03 Å².